The number of carbonyl (C=O) groups excluding carboxylic acids is 1. The van der Waals surface area contributed by atoms with Crippen molar-refractivity contribution in [2.75, 3.05) is 20.3 Å². The third-order valence-corrected chi connectivity index (χ3v) is 2.41. The SMILES string of the molecule is COc1cccc(C=O)c1OCCCCCO. The summed E-state index contributed by atoms with van der Waals surface area (Å²) in [6.07, 6.45) is 3.28. The van der Waals surface area contributed by atoms with Crippen LogP contribution in [0.5, 0.6) is 11.5 Å². The maximum atomic E-state index is 10.9. The monoisotopic (exact) mass is 238 g/mol. The van der Waals surface area contributed by atoms with E-state index in [1.807, 2.05) is 0 Å². The van der Waals surface area contributed by atoms with Gasteiger partial charge in [-0.2, -0.15) is 0 Å². The fraction of sp³-hybridized carbons (Fsp3) is 0.462. The highest BCUT2D eigenvalue weighted by Crippen LogP contribution is 2.30. The number of methoxy groups -OCH3 is 1. The topological polar surface area (TPSA) is 55.8 Å². The molecule has 0 aliphatic heterocycles. The fourth-order valence-electron chi connectivity index (χ4n) is 1.51. The Bertz CT molecular complexity index is 349. The molecule has 0 saturated heterocycles. The smallest absolute Gasteiger partial charge is 0.171 e. The Morgan fingerprint density at radius 2 is 2.12 bits per heavy atom. The van der Waals surface area contributed by atoms with Gasteiger partial charge < -0.3 is 14.6 Å². The van der Waals surface area contributed by atoms with Crippen LogP contribution >= 0.6 is 0 Å². The summed E-state index contributed by atoms with van der Waals surface area (Å²) in [5.41, 5.74) is 0.492. The summed E-state index contributed by atoms with van der Waals surface area (Å²) in [6, 6.07) is 5.20. The van der Waals surface area contributed by atoms with Gasteiger partial charge in [0, 0.05) is 6.61 Å². The van der Waals surface area contributed by atoms with Gasteiger partial charge >= 0.3 is 0 Å². The number of aliphatic hydroxyl groups excluding tert-OH is 1. The summed E-state index contributed by atoms with van der Waals surface area (Å²) in [5, 5.41) is 8.64. The van der Waals surface area contributed by atoms with E-state index in [0.29, 0.717) is 23.7 Å². The summed E-state index contributed by atoms with van der Waals surface area (Å²) in [5.74, 6) is 1.06. The maximum absolute atomic E-state index is 10.9. The molecule has 17 heavy (non-hydrogen) atoms. The Morgan fingerprint density at radius 1 is 1.29 bits per heavy atom. The summed E-state index contributed by atoms with van der Waals surface area (Å²) < 4.78 is 10.7. The predicted octanol–water partition coefficient (Wildman–Crippen LogP) is 2.05. The van der Waals surface area contributed by atoms with Crippen molar-refractivity contribution in [1.82, 2.24) is 0 Å². The Hall–Kier alpha value is -1.55. The van der Waals surface area contributed by atoms with Gasteiger partial charge in [0.2, 0.25) is 0 Å². The molecule has 4 heteroatoms. The van der Waals surface area contributed by atoms with E-state index in [1.54, 1.807) is 25.3 Å². The average molecular weight is 238 g/mol. The number of rotatable bonds is 8. The summed E-state index contributed by atoms with van der Waals surface area (Å²) in [6.45, 7) is 0.718. The van der Waals surface area contributed by atoms with Gasteiger partial charge in [0.25, 0.3) is 0 Å². The first-order valence-corrected chi connectivity index (χ1v) is 5.69. The lowest BCUT2D eigenvalue weighted by Crippen LogP contribution is -2.02. The number of carbonyl (C=O) groups is 1. The predicted molar refractivity (Wildman–Crippen MR) is 64.8 cm³/mol. The number of para-hydroxylation sites is 1. The molecular formula is C13H18O4. The molecule has 1 rings (SSSR count). The van der Waals surface area contributed by atoms with Gasteiger partial charge in [-0.15, -0.1) is 0 Å². The number of unbranched alkanes of at least 4 members (excludes halogenated alkanes) is 2. The minimum Gasteiger partial charge on any atom is -0.493 e. The molecule has 0 spiro atoms. The van der Waals surface area contributed by atoms with Crippen LogP contribution in [0, 0.1) is 0 Å². The van der Waals surface area contributed by atoms with Gasteiger partial charge in [-0.3, -0.25) is 4.79 Å². The minimum absolute atomic E-state index is 0.203. The third-order valence-electron chi connectivity index (χ3n) is 2.41. The van der Waals surface area contributed by atoms with Crippen molar-refractivity contribution in [2.45, 2.75) is 19.3 Å². The summed E-state index contributed by atoms with van der Waals surface area (Å²) in [4.78, 5) is 10.9. The Labute approximate surface area is 101 Å². The molecule has 1 aromatic carbocycles. The van der Waals surface area contributed by atoms with E-state index in [0.717, 1.165) is 25.5 Å². The number of aliphatic hydroxyl groups is 1. The van der Waals surface area contributed by atoms with Gasteiger partial charge in [-0.05, 0) is 31.4 Å². The average Bonchev–Trinajstić information content (AvgIpc) is 2.38. The molecule has 1 aromatic rings. The molecule has 0 amide bonds. The molecule has 0 aromatic heterocycles. The highest BCUT2D eigenvalue weighted by Gasteiger charge is 2.09. The first-order valence-electron chi connectivity index (χ1n) is 5.69. The molecule has 0 aliphatic carbocycles. The normalized spacial score (nSPS) is 10.0. The highest BCUT2D eigenvalue weighted by atomic mass is 16.5. The quantitative estimate of drug-likeness (QED) is 0.556. The molecule has 0 saturated carbocycles. The lowest BCUT2D eigenvalue weighted by atomic mass is 10.2. The van der Waals surface area contributed by atoms with E-state index in [4.69, 9.17) is 14.6 Å². The van der Waals surface area contributed by atoms with Gasteiger partial charge in [0.1, 0.15) is 0 Å². The lowest BCUT2D eigenvalue weighted by molar-refractivity contribution is 0.111. The molecule has 0 radical (unpaired) electrons. The molecule has 94 valence electrons. The van der Waals surface area contributed by atoms with Crippen molar-refractivity contribution in [3.8, 4) is 11.5 Å². The Balaban J connectivity index is 2.58. The Morgan fingerprint density at radius 3 is 2.76 bits per heavy atom. The van der Waals surface area contributed by atoms with Crippen molar-refractivity contribution in [1.29, 1.82) is 0 Å². The zero-order valence-corrected chi connectivity index (χ0v) is 10.0. The van der Waals surface area contributed by atoms with E-state index in [-0.39, 0.29) is 6.61 Å². The van der Waals surface area contributed by atoms with E-state index in [9.17, 15) is 4.79 Å². The number of ether oxygens (including phenoxy) is 2. The summed E-state index contributed by atoms with van der Waals surface area (Å²) >= 11 is 0. The van der Waals surface area contributed by atoms with Gasteiger partial charge in [0.15, 0.2) is 17.8 Å². The molecule has 0 heterocycles. The van der Waals surface area contributed by atoms with Crippen LogP contribution < -0.4 is 9.47 Å². The van der Waals surface area contributed by atoms with Crippen LogP contribution in [0.25, 0.3) is 0 Å². The van der Waals surface area contributed by atoms with Crippen LogP contribution in [-0.2, 0) is 0 Å². The largest absolute Gasteiger partial charge is 0.493 e. The number of benzene rings is 1. The number of aldehydes is 1. The first-order chi connectivity index (χ1) is 8.33. The Kier molecular flexibility index (Phi) is 6.10. The van der Waals surface area contributed by atoms with Gasteiger partial charge in [-0.1, -0.05) is 6.07 Å². The molecule has 0 aliphatic rings. The van der Waals surface area contributed by atoms with Crippen LogP contribution in [0.3, 0.4) is 0 Å². The van der Waals surface area contributed by atoms with E-state index >= 15 is 0 Å². The second-order valence-electron chi connectivity index (χ2n) is 3.63. The molecule has 4 nitrogen and oxygen atoms in total. The van der Waals surface area contributed by atoms with Gasteiger partial charge in [-0.25, -0.2) is 0 Å². The molecule has 0 bridgehead atoms. The van der Waals surface area contributed by atoms with E-state index in [1.165, 1.54) is 0 Å². The van der Waals surface area contributed by atoms with Crippen molar-refractivity contribution >= 4 is 6.29 Å². The third kappa shape index (κ3) is 4.07. The minimum atomic E-state index is 0.203. The van der Waals surface area contributed by atoms with Crippen LogP contribution in [0.2, 0.25) is 0 Å². The second-order valence-corrected chi connectivity index (χ2v) is 3.63. The van der Waals surface area contributed by atoms with Crippen LogP contribution in [-0.4, -0.2) is 31.7 Å². The summed E-state index contributed by atoms with van der Waals surface area (Å²) in [7, 11) is 1.54. The highest BCUT2D eigenvalue weighted by molar-refractivity contribution is 5.81. The van der Waals surface area contributed by atoms with E-state index in [2.05, 4.69) is 0 Å². The van der Waals surface area contributed by atoms with Crippen molar-refractivity contribution in [2.24, 2.45) is 0 Å². The van der Waals surface area contributed by atoms with Crippen LogP contribution in [0.15, 0.2) is 18.2 Å². The molecule has 0 unspecified atom stereocenters. The van der Waals surface area contributed by atoms with Crippen molar-refractivity contribution in [3.63, 3.8) is 0 Å². The molecule has 0 fully saturated rings. The van der Waals surface area contributed by atoms with Crippen molar-refractivity contribution in [3.05, 3.63) is 23.8 Å². The lowest BCUT2D eigenvalue weighted by Gasteiger charge is -2.12. The number of hydrogen-bond donors (Lipinski definition) is 1. The van der Waals surface area contributed by atoms with Crippen LogP contribution in [0.1, 0.15) is 29.6 Å². The second kappa shape index (κ2) is 7.68. The van der Waals surface area contributed by atoms with Crippen LogP contribution in [0.4, 0.5) is 0 Å². The van der Waals surface area contributed by atoms with Gasteiger partial charge in [0.05, 0.1) is 19.3 Å². The maximum Gasteiger partial charge on any atom is 0.171 e. The van der Waals surface area contributed by atoms with Crippen molar-refractivity contribution < 1.29 is 19.4 Å². The van der Waals surface area contributed by atoms with E-state index < -0.39 is 0 Å². The zero-order valence-electron chi connectivity index (χ0n) is 10.0. The molecular weight excluding hydrogens is 220 g/mol. The fourth-order valence-corrected chi connectivity index (χ4v) is 1.51. The zero-order chi connectivity index (χ0) is 12.5. The molecule has 0 atom stereocenters. The molecule has 1 N–H and O–H groups in total. The first kappa shape index (κ1) is 13.5. The standard InChI is InChI=1S/C13H18O4/c1-16-12-7-5-6-11(10-15)13(12)17-9-4-2-3-8-14/h5-7,10,14H,2-4,8-9H2,1H3. The number of hydrogen-bond acceptors (Lipinski definition) is 4.